The Morgan fingerprint density at radius 1 is 1.53 bits per heavy atom. The van der Waals surface area contributed by atoms with Crippen LogP contribution in [0, 0.1) is 5.41 Å². The molecule has 0 aliphatic heterocycles. The van der Waals surface area contributed by atoms with Crippen LogP contribution in [0.25, 0.3) is 0 Å². The number of rotatable bonds is 4. The number of benzene rings is 1. The van der Waals surface area contributed by atoms with Crippen LogP contribution in [0.1, 0.15) is 13.8 Å². The number of hydrogen-bond donors (Lipinski definition) is 1. The minimum Gasteiger partial charge on any atom is -0.493 e. The Morgan fingerprint density at radius 2 is 2.20 bits per heavy atom. The molecule has 0 bridgehead atoms. The van der Waals surface area contributed by atoms with Gasteiger partial charge in [-0.15, -0.1) is 0 Å². The van der Waals surface area contributed by atoms with Crippen molar-refractivity contribution in [3.05, 3.63) is 28.7 Å². The maximum Gasteiger partial charge on any atom is 0.120 e. The van der Waals surface area contributed by atoms with Crippen molar-refractivity contribution in [3.8, 4) is 5.75 Å². The molecule has 4 heteroatoms. The van der Waals surface area contributed by atoms with E-state index in [1.165, 1.54) is 0 Å². The van der Waals surface area contributed by atoms with E-state index in [2.05, 4.69) is 15.9 Å². The van der Waals surface area contributed by atoms with Crippen molar-refractivity contribution in [2.75, 3.05) is 6.61 Å². The van der Waals surface area contributed by atoms with Gasteiger partial charge in [-0.2, -0.15) is 0 Å². The molecule has 1 rings (SSSR count). The van der Waals surface area contributed by atoms with Crippen LogP contribution in [0.5, 0.6) is 5.75 Å². The largest absolute Gasteiger partial charge is 0.493 e. The van der Waals surface area contributed by atoms with E-state index in [9.17, 15) is 0 Å². The van der Waals surface area contributed by atoms with Gasteiger partial charge in [-0.3, -0.25) is 0 Å². The van der Waals surface area contributed by atoms with Gasteiger partial charge in [0.15, 0.2) is 0 Å². The molecule has 0 spiro atoms. The molecular formula is C11H14BrNOS. The lowest BCUT2D eigenvalue weighted by molar-refractivity contribution is 0.236. The summed E-state index contributed by atoms with van der Waals surface area (Å²) in [5.74, 6) is 0.814. The summed E-state index contributed by atoms with van der Waals surface area (Å²) in [5.41, 5.74) is 5.33. The lowest BCUT2D eigenvalue weighted by atomic mass is 9.95. The molecule has 0 fully saturated rings. The van der Waals surface area contributed by atoms with Gasteiger partial charge in [0.25, 0.3) is 0 Å². The van der Waals surface area contributed by atoms with Gasteiger partial charge in [-0.25, -0.2) is 0 Å². The zero-order valence-electron chi connectivity index (χ0n) is 8.79. The number of hydrogen-bond acceptors (Lipinski definition) is 2. The second-order valence-corrected chi connectivity index (χ2v) is 5.35. The number of thiocarbonyl (C=S) groups is 1. The maximum absolute atomic E-state index is 5.62. The van der Waals surface area contributed by atoms with Crippen molar-refractivity contribution in [2.45, 2.75) is 13.8 Å². The van der Waals surface area contributed by atoms with Crippen molar-refractivity contribution >= 4 is 33.1 Å². The second-order valence-electron chi connectivity index (χ2n) is 3.99. The Kier molecular flexibility index (Phi) is 4.11. The summed E-state index contributed by atoms with van der Waals surface area (Å²) in [6, 6.07) is 7.69. The topological polar surface area (TPSA) is 35.2 Å². The van der Waals surface area contributed by atoms with Crippen molar-refractivity contribution in [1.29, 1.82) is 0 Å². The third-order valence-electron chi connectivity index (χ3n) is 2.06. The zero-order valence-corrected chi connectivity index (χ0v) is 11.2. The Labute approximate surface area is 104 Å². The fourth-order valence-electron chi connectivity index (χ4n) is 0.892. The summed E-state index contributed by atoms with van der Waals surface area (Å²) in [4.78, 5) is 0.470. The van der Waals surface area contributed by atoms with E-state index in [4.69, 9.17) is 22.7 Å². The van der Waals surface area contributed by atoms with Gasteiger partial charge in [0, 0.05) is 9.89 Å². The quantitative estimate of drug-likeness (QED) is 0.864. The van der Waals surface area contributed by atoms with E-state index in [0.717, 1.165) is 10.2 Å². The summed E-state index contributed by atoms with van der Waals surface area (Å²) < 4.78 is 6.61. The predicted octanol–water partition coefficient (Wildman–Crippen LogP) is 3.14. The van der Waals surface area contributed by atoms with Crippen molar-refractivity contribution < 1.29 is 4.74 Å². The fraction of sp³-hybridized carbons (Fsp3) is 0.364. The minimum atomic E-state index is -0.280. The van der Waals surface area contributed by atoms with Crippen LogP contribution in [0.3, 0.4) is 0 Å². The molecule has 1 aromatic rings. The Balaban J connectivity index is 2.61. The molecule has 0 saturated carbocycles. The highest BCUT2D eigenvalue weighted by molar-refractivity contribution is 9.10. The molecule has 82 valence electrons. The summed E-state index contributed by atoms with van der Waals surface area (Å²) in [5, 5.41) is 0. The Morgan fingerprint density at radius 3 is 2.73 bits per heavy atom. The lowest BCUT2D eigenvalue weighted by Gasteiger charge is -2.23. The average Bonchev–Trinajstić information content (AvgIpc) is 2.15. The highest BCUT2D eigenvalue weighted by atomic mass is 79.9. The predicted molar refractivity (Wildman–Crippen MR) is 70.2 cm³/mol. The lowest BCUT2D eigenvalue weighted by Crippen LogP contribution is -2.35. The molecule has 2 nitrogen and oxygen atoms in total. The number of nitrogens with two attached hydrogens (primary N) is 1. The van der Waals surface area contributed by atoms with Crippen LogP contribution >= 0.6 is 28.1 Å². The van der Waals surface area contributed by atoms with Crippen molar-refractivity contribution in [2.24, 2.45) is 11.1 Å². The molecule has 0 aliphatic carbocycles. The van der Waals surface area contributed by atoms with Gasteiger partial charge in [-0.05, 0) is 18.2 Å². The molecule has 0 aromatic heterocycles. The summed E-state index contributed by atoms with van der Waals surface area (Å²) in [6.45, 7) is 4.42. The van der Waals surface area contributed by atoms with Crippen LogP contribution < -0.4 is 10.5 Å². The SMILES string of the molecule is CC(C)(COc1cccc(Br)c1)C(N)=S. The number of halogens is 1. The van der Waals surface area contributed by atoms with Gasteiger partial charge in [0.2, 0.25) is 0 Å². The first-order chi connectivity index (χ1) is 6.92. The number of ether oxygens (including phenoxy) is 1. The molecule has 0 unspecified atom stereocenters. The maximum atomic E-state index is 5.62. The zero-order chi connectivity index (χ0) is 11.5. The van der Waals surface area contributed by atoms with E-state index in [1.807, 2.05) is 38.1 Å². The van der Waals surface area contributed by atoms with Crippen LogP contribution in [-0.4, -0.2) is 11.6 Å². The van der Waals surface area contributed by atoms with Crippen LogP contribution in [0.4, 0.5) is 0 Å². The summed E-state index contributed by atoms with van der Waals surface area (Å²) >= 11 is 8.34. The molecule has 0 radical (unpaired) electrons. The van der Waals surface area contributed by atoms with Crippen LogP contribution in [0.2, 0.25) is 0 Å². The molecule has 1 aromatic carbocycles. The second kappa shape index (κ2) is 4.94. The van der Waals surface area contributed by atoms with E-state index >= 15 is 0 Å². The molecule has 0 heterocycles. The van der Waals surface area contributed by atoms with Gasteiger partial charge < -0.3 is 10.5 Å². The molecule has 0 atom stereocenters. The van der Waals surface area contributed by atoms with Gasteiger partial charge in [0.05, 0.1) is 11.6 Å². The highest BCUT2D eigenvalue weighted by Gasteiger charge is 2.22. The standard InChI is InChI=1S/C11H14BrNOS/c1-11(2,10(13)15)7-14-9-5-3-4-8(12)6-9/h3-6H,7H2,1-2H3,(H2,13,15). The first kappa shape index (κ1) is 12.5. The molecule has 15 heavy (non-hydrogen) atoms. The van der Waals surface area contributed by atoms with E-state index in [0.29, 0.717) is 11.6 Å². The normalized spacial score (nSPS) is 11.1. The monoisotopic (exact) mass is 287 g/mol. The van der Waals surface area contributed by atoms with Crippen LogP contribution in [0.15, 0.2) is 28.7 Å². The molecule has 0 saturated heterocycles. The van der Waals surface area contributed by atoms with Gasteiger partial charge in [-0.1, -0.05) is 48.1 Å². The minimum absolute atomic E-state index is 0.280. The third-order valence-corrected chi connectivity index (χ3v) is 3.11. The fourth-order valence-corrected chi connectivity index (χ4v) is 1.33. The molecule has 0 amide bonds. The smallest absolute Gasteiger partial charge is 0.120 e. The Hall–Kier alpha value is -0.610. The average molecular weight is 288 g/mol. The summed E-state index contributed by atoms with van der Waals surface area (Å²) in [6.07, 6.45) is 0. The van der Waals surface area contributed by atoms with Gasteiger partial charge in [0.1, 0.15) is 5.75 Å². The first-order valence-electron chi connectivity index (χ1n) is 4.60. The summed E-state index contributed by atoms with van der Waals surface area (Å²) in [7, 11) is 0. The van der Waals surface area contributed by atoms with E-state index in [-0.39, 0.29) is 5.41 Å². The molecule has 0 aliphatic rings. The van der Waals surface area contributed by atoms with Crippen molar-refractivity contribution in [1.82, 2.24) is 0 Å². The third kappa shape index (κ3) is 3.80. The van der Waals surface area contributed by atoms with Crippen LogP contribution in [-0.2, 0) is 0 Å². The van der Waals surface area contributed by atoms with Gasteiger partial charge >= 0.3 is 0 Å². The van der Waals surface area contributed by atoms with E-state index < -0.39 is 0 Å². The first-order valence-corrected chi connectivity index (χ1v) is 5.80. The molecular weight excluding hydrogens is 274 g/mol. The van der Waals surface area contributed by atoms with E-state index in [1.54, 1.807) is 0 Å². The Bertz CT molecular complexity index is 365. The van der Waals surface area contributed by atoms with Crippen molar-refractivity contribution in [3.63, 3.8) is 0 Å². The molecule has 2 N–H and O–H groups in total. The highest BCUT2D eigenvalue weighted by Crippen LogP contribution is 2.21.